The molecule has 5 nitrogen and oxygen atoms in total. The molecule has 94 valence electrons. The van der Waals surface area contributed by atoms with Crippen LogP contribution in [0.1, 0.15) is 24.9 Å². The fourth-order valence-corrected chi connectivity index (χ4v) is 1.50. The predicted molar refractivity (Wildman–Crippen MR) is 64.0 cm³/mol. The standard InChI is InChI=1S/C12H18N2O3/c1-10(11-6-3-2-4-7-11)13-8-5-9-14(17)12(15)16/h2-4,6-7,10,13,17H,5,8-9H2,1H3,(H,15,16)/t10-/m0/s1. The number of carboxylic acid groups (broad SMARTS) is 1. The van der Waals surface area contributed by atoms with Crippen molar-refractivity contribution in [1.82, 2.24) is 10.4 Å². The molecule has 1 aromatic carbocycles. The third-order valence-electron chi connectivity index (χ3n) is 2.52. The number of hydrogen-bond acceptors (Lipinski definition) is 3. The van der Waals surface area contributed by atoms with Crippen molar-refractivity contribution in [2.75, 3.05) is 13.1 Å². The first-order valence-corrected chi connectivity index (χ1v) is 5.59. The zero-order valence-corrected chi connectivity index (χ0v) is 9.84. The second-order valence-electron chi connectivity index (χ2n) is 3.85. The van der Waals surface area contributed by atoms with Gasteiger partial charge in [0.15, 0.2) is 0 Å². The van der Waals surface area contributed by atoms with Gasteiger partial charge in [-0.3, -0.25) is 5.21 Å². The van der Waals surface area contributed by atoms with Gasteiger partial charge in [-0.2, -0.15) is 5.06 Å². The lowest BCUT2D eigenvalue weighted by Gasteiger charge is -2.15. The Morgan fingerprint density at radius 2 is 2.06 bits per heavy atom. The van der Waals surface area contributed by atoms with Crippen molar-refractivity contribution >= 4 is 6.09 Å². The van der Waals surface area contributed by atoms with Crippen molar-refractivity contribution in [3.8, 4) is 0 Å². The second-order valence-corrected chi connectivity index (χ2v) is 3.85. The normalized spacial score (nSPS) is 12.1. The van der Waals surface area contributed by atoms with Gasteiger partial charge in [0.1, 0.15) is 0 Å². The first kappa shape index (κ1) is 13.5. The molecule has 5 heteroatoms. The van der Waals surface area contributed by atoms with Gasteiger partial charge in [-0.05, 0) is 25.5 Å². The third-order valence-corrected chi connectivity index (χ3v) is 2.52. The summed E-state index contributed by atoms with van der Waals surface area (Å²) in [6.07, 6.45) is -0.749. The van der Waals surface area contributed by atoms with E-state index >= 15 is 0 Å². The van der Waals surface area contributed by atoms with Crippen LogP contribution in [0.25, 0.3) is 0 Å². The average molecular weight is 238 g/mol. The molecule has 3 N–H and O–H groups in total. The van der Waals surface area contributed by atoms with E-state index in [9.17, 15) is 4.79 Å². The van der Waals surface area contributed by atoms with Crippen LogP contribution in [0.4, 0.5) is 4.79 Å². The van der Waals surface area contributed by atoms with Crippen LogP contribution in [0.5, 0.6) is 0 Å². The molecule has 0 aliphatic carbocycles. The van der Waals surface area contributed by atoms with Crippen LogP contribution in [0.2, 0.25) is 0 Å². The van der Waals surface area contributed by atoms with Crippen LogP contribution in [-0.2, 0) is 0 Å². The maximum atomic E-state index is 10.3. The number of carbonyl (C=O) groups is 1. The molecule has 0 unspecified atom stereocenters. The van der Waals surface area contributed by atoms with Crippen molar-refractivity contribution in [1.29, 1.82) is 0 Å². The number of nitrogens with zero attached hydrogens (tertiary/aromatic N) is 1. The Hall–Kier alpha value is -1.59. The van der Waals surface area contributed by atoms with Crippen molar-refractivity contribution in [2.24, 2.45) is 0 Å². The quantitative estimate of drug-likeness (QED) is 0.403. The Labute approximate surface area is 101 Å². The average Bonchev–Trinajstić information content (AvgIpc) is 2.35. The summed E-state index contributed by atoms with van der Waals surface area (Å²) in [5.74, 6) is 0. The highest BCUT2D eigenvalue weighted by Gasteiger charge is 2.07. The maximum absolute atomic E-state index is 10.3. The summed E-state index contributed by atoms with van der Waals surface area (Å²) in [6.45, 7) is 2.81. The molecule has 1 amide bonds. The third kappa shape index (κ3) is 4.84. The number of nitrogens with one attached hydrogen (secondary N) is 1. The van der Waals surface area contributed by atoms with Crippen molar-refractivity contribution in [2.45, 2.75) is 19.4 Å². The Kier molecular flexibility index (Phi) is 5.45. The van der Waals surface area contributed by atoms with Crippen LogP contribution in [0.3, 0.4) is 0 Å². The predicted octanol–water partition coefficient (Wildman–Crippen LogP) is 2.10. The minimum Gasteiger partial charge on any atom is -0.463 e. The summed E-state index contributed by atoms with van der Waals surface area (Å²) in [4.78, 5) is 10.3. The molecule has 1 aromatic rings. The van der Waals surface area contributed by atoms with Crippen LogP contribution < -0.4 is 5.32 Å². The molecule has 0 aromatic heterocycles. The summed E-state index contributed by atoms with van der Waals surface area (Å²) in [5, 5.41) is 20.9. The summed E-state index contributed by atoms with van der Waals surface area (Å²) in [6, 6.07) is 10.2. The van der Waals surface area contributed by atoms with E-state index in [2.05, 4.69) is 5.32 Å². The summed E-state index contributed by atoms with van der Waals surface area (Å²) < 4.78 is 0. The molecule has 1 atom stereocenters. The second kappa shape index (κ2) is 6.88. The summed E-state index contributed by atoms with van der Waals surface area (Å²) in [7, 11) is 0. The van der Waals surface area contributed by atoms with E-state index in [1.807, 2.05) is 37.3 Å². The maximum Gasteiger partial charge on any atom is 0.431 e. The highest BCUT2D eigenvalue weighted by atomic mass is 16.6. The van der Waals surface area contributed by atoms with E-state index in [4.69, 9.17) is 10.3 Å². The van der Waals surface area contributed by atoms with Gasteiger partial charge in [0.05, 0.1) is 6.54 Å². The van der Waals surface area contributed by atoms with E-state index < -0.39 is 6.09 Å². The topological polar surface area (TPSA) is 72.8 Å². The minimum absolute atomic E-state index is 0.115. The van der Waals surface area contributed by atoms with Crippen molar-refractivity contribution in [3.05, 3.63) is 35.9 Å². The van der Waals surface area contributed by atoms with Crippen LogP contribution >= 0.6 is 0 Å². The largest absolute Gasteiger partial charge is 0.463 e. The molecule has 0 spiro atoms. The first-order chi connectivity index (χ1) is 8.11. The van der Waals surface area contributed by atoms with Gasteiger partial charge in [0, 0.05) is 6.04 Å². The van der Waals surface area contributed by atoms with Crippen molar-refractivity contribution in [3.63, 3.8) is 0 Å². The van der Waals surface area contributed by atoms with E-state index in [1.165, 1.54) is 5.56 Å². The van der Waals surface area contributed by atoms with Gasteiger partial charge in [-0.15, -0.1) is 0 Å². The Morgan fingerprint density at radius 3 is 2.65 bits per heavy atom. The van der Waals surface area contributed by atoms with Gasteiger partial charge in [0.25, 0.3) is 0 Å². The lowest BCUT2D eigenvalue weighted by Crippen LogP contribution is -2.29. The number of amides is 1. The number of hydrogen-bond donors (Lipinski definition) is 3. The molecular weight excluding hydrogens is 220 g/mol. The lowest BCUT2D eigenvalue weighted by molar-refractivity contribution is -0.0640. The molecule has 0 fully saturated rings. The molecule has 0 aliphatic rings. The van der Waals surface area contributed by atoms with Gasteiger partial charge in [-0.1, -0.05) is 30.3 Å². The zero-order chi connectivity index (χ0) is 12.7. The van der Waals surface area contributed by atoms with Crippen LogP contribution in [0, 0.1) is 0 Å². The molecule has 17 heavy (non-hydrogen) atoms. The van der Waals surface area contributed by atoms with E-state index in [0.717, 1.165) is 0 Å². The number of benzene rings is 1. The fraction of sp³-hybridized carbons (Fsp3) is 0.417. The Bertz CT molecular complexity index is 343. The van der Waals surface area contributed by atoms with Gasteiger partial charge in [0.2, 0.25) is 0 Å². The molecular formula is C12H18N2O3. The molecule has 0 aliphatic heterocycles. The van der Waals surface area contributed by atoms with Crippen LogP contribution in [-0.4, -0.2) is 34.6 Å². The molecule has 1 rings (SSSR count). The van der Waals surface area contributed by atoms with Gasteiger partial charge >= 0.3 is 6.09 Å². The van der Waals surface area contributed by atoms with Crippen LogP contribution in [0.15, 0.2) is 30.3 Å². The lowest BCUT2D eigenvalue weighted by atomic mass is 10.1. The smallest absolute Gasteiger partial charge is 0.431 e. The number of hydroxylamine groups is 2. The zero-order valence-electron chi connectivity index (χ0n) is 9.84. The molecule has 0 radical (unpaired) electrons. The Balaban J connectivity index is 2.21. The number of rotatable bonds is 6. The highest BCUT2D eigenvalue weighted by molar-refractivity contribution is 5.63. The van der Waals surface area contributed by atoms with E-state index in [1.54, 1.807) is 0 Å². The summed E-state index contributed by atoms with van der Waals surface area (Å²) in [5.41, 5.74) is 1.19. The SMILES string of the molecule is C[C@H](NCCCN(O)C(=O)O)c1ccccc1. The van der Waals surface area contributed by atoms with Gasteiger partial charge in [-0.25, -0.2) is 4.79 Å². The monoisotopic (exact) mass is 238 g/mol. The van der Waals surface area contributed by atoms with E-state index in [0.29, 0.717) is 18.0 Å². The first-order valence-electron chi connectivity index (χ1n) is 5.59. The van der Waals surface area contributed by atoms with Gasteiger partial charge < -0.3 is 10.4 Å². The van der Waals surface area contributed by atoms with E-state index in [-0.39, 0.29) is 12.6 Å². The fourth-order valence-electron chi connectivity index (χ4n) is 1.50. The minimum atomic E-state index is -1.32. The molecule has 0 saturated heterocycles. The molecule has 0 bridgehead atoms. The summed E-state index contributed by atoms with van der Waals surface area (Å²) >= 11 is 0. The Morgan fingerprint density at radius 1 is 1.41 bits per heavy atom. The highest BCUT2D eigenvalue weighted by Crippen LogP contribution is 2.10. The van der Waals surface area contributed by atoms with Crippen molar-refractivity contribution < 1.29 is 15.1 Å². The molecule has 0 saturated carbocycles. The molecule has 0 heterocycles.